The quantitative estimate of drug-likeness (QED) is 0.230. The summed E-state index contributed by atoms with van der Waals surface area (Å²) in [5, 5.41) is 13.6. The fourth-order valence-corrected chi connectivity index (χ4v) is 0. The van der Waals surface area contributed by atoms with Crippen molar-refractivity contribution in [1.82, 2.24) is 6.15 Å². The predicted octanol–water partition coefficient (Wildman–Crippen LogP) is -1.93. The molecule has 0 bridgehead atoms. The van der Waals surface area contributed by atoms with Crippen LogP contribution >= 0.6 is 0 Å². The first-order chi connectivity index (χ1) is 1.73. The van der Waals surface area contributed by atoms with Crippen molar-refractivity contribution in [2.45, 2.75) is 0 Å². The molecule has 0 rings (SSSR count). The SMILES string of the molecule is N.O.O=[N+]([O-])O.[CaH2]. The van der Waals surface area contributed by atoms with Gasteiger partial charge in [0.1, 0.15) is 0 Å². The Bertz CT molecular complexity index is 32.7. The van der Waals surface area contributed by atoms with Crippen molar-refractivity contribution < 1.29 is 15.8 Å². The molecule has 44 valence electrons. The third-order valence-corrected chi connectivity index (χ3v) is 0. The normalized spacial score (nSPS) is 3.43. The van der Waals surface area contributed by atoms with E-state index in [0.29, 0.717) is 0 Å². The van der Waals surface area contributed by atoms with E-state index in [9.17, 15) is 0 Å². The van der Waals surface area contributed by atoms with Crippen molar-refractivity contribution in [3.8, 4) is 0 Å². The van der Waals surface area contributed by atoms with Crippen LogP contribution in [-0.2, 0) is 0 Å². The van der Waals surface area contributed by atoms with Gasteiger partial charge in [-0.3, -0.25) is 0 Å². The molecule has 0 aliphatic rings. The third kappa shape index (κ3) is 849. The van der Waals surface area contributed by atoms with Gasteiger partial charge in [-0.2, -0.15) is 0 Å². The summed E-state index contributed by atoms with van der Waals surface area (Å²) in [5.74, 6) is 0. The topological polar surface area (TPSA) is 130 Å². The minimum atomic E-state index is -1.50. The maximum absolute atomic E-state index is 8.36. The summed E-state index contributed by atoms with van der Waals surface area (Å²) in [6.07, 6.45) is 0. The molecule has 0 aromatic heterocycles. The van der Waals surface area contributed by atoms with Gasteiger partial charge < -0.3 is 16.8 Å². The molecule has 0 aliphatic carbocycles. The second kappa shape index (κ2) is 16.2. The Morgan fingerprint density at radius 1 is 1.57 bits per heavy atom. The Balaban J connectivity index is -0.0000000150. The fourth-order valence-electron chi connectivity index (χ4n) is 0. The molecule has 0 heterocycles. The van der Waals surface area contributed by atoms with E-state index in [1.54, 1.807) is 0 Å². The predicted molar refractivity (Wildman–Crippen MR) is 26.0 cm³/mol. The van der Waals surface area contributed by atoms with E-state index in [1.807, 2.05) is 0 Å². The van der Waals surface area contributed by atoms with E-state index in [4.69, 9.17) is 15.3 Å². The molecule has 0 unspecified atom stereocenters. The van der Waals surface area contributed by atoms with E-state index >= 15 is 0 Å². The van der Waals surface area contributed by atoms with Crippen molar-refractivity contribution >= 4 is 37.7 Å². The number of hydrogen-bond acceptors (Lipinski definition) is 3. The zero-order valence-electron chi connectivity index (χ0n) is 2.92. The molecule has 6 nitrogen and oxygen atoms in total. The van der Waals surface area contributed by atoms with Gasteiger partial charge >= 0.3 is 37.7 Å². The van der Waals surface area contributed by atoms with Gasteiger partial charge in [0.2, 0.25) is 0 Å². The fraction of sp³-hybridized carbons (Fsp3) is 0. The molecule has 0 atom stereocenters. The molecular formula is H8CaN2O4. The molecule has 0 aromatic rings. The van der Waals surface area contributed by atoms with Gasteiger partial charge in [-0.1, -0.05) is 0 Å². The molecule has 6 N–H and O–H groups in total. The van der Waals surface area contributed by atoms with Crippen LogP contribution < -0.4 is 6.15 Å². The average Bonchev–Trinajstić information content (AvgIpc) is 0.811. The molecule has 0 radical (unpaired) electrons. The van der Waals surface area contributed by atoms with Crippen molar-refractivity contribution in [3.05, 3.63) is 10.1 Å². The van der Waals surface area contributed by atoms with Gasteiger partial charge in [0.05, 0.1) is 0 Å². The van der Waals surface area contributed by atoms with Gasteiger partial charge in [0, 0.05) is 0 Å². The molecule has 0 saturated heterocycles. The summed E-state index contributed by atoms with van der Waals surface area (Å²) in [7, 11) is 0. The maximum atomic E-state index is 8.36. The van der Waals surface area contributed by atoms with Crippen molar-refractivity contribution in [1.29, 1.82) is 0 Å². The zero-order chi connectivity index (χ0) is 3.58. The molecular weight excluding hydrogens is 132 g/mol. The van der Waals surface area contributed by atoms with Crippen LogP contribution in [0.2, 0.25) is 0 Å². The molecule has 7 heteroatoms. The first kappa shape index (κ1) is 26.3. The van der Waals surface area contributed by atoms with Gasteiger partial charge in [0.25, 0.3) is 5.09 Å². The van der Waals surface area contributed by atoms with E-state index in [0.717, 1.165) is 0 Å². The molecule has 0 aliphatic heterocycles. The Kier molecular flexibility index (Phi) is 60.7. The van der Waals surface area contributed by atoms with E-state index in [2.05, 4.69) is 0 Å². The van der Waals surface area contributed by atoms with Crippen LogP contribution in [-0.4, -0.2) is 53.5 Å². The van der Waals surface area contributed by atoms with Crippen molar-refractivity contribution in [2.75, 3.05) is 0 Å². The van der Waals surface area contributed by atoms with Gasteiger partial charge in [-0.15, -0.1) is 10.1 Å². The molecule has 0 fully saturated rings. The standard InChI is InChI=1S/Ca.HNO3.H3N.H2O.2H/c;2-1(3)4;;;;/h;(H,2,3,4);1H3;1H2;;. The van der Waals surface area contributed by atoms with Crippen LogP contribution in [0.4, 0.5) is 0 Å². The average molecular weight is 140 g/mol. The summed E-state index contributed by atoms with van der Waals surface area (Å²) in [4.78, 5) is 8.36. The van der Waals surface area contributed by atoms with E-state index < -0.39 is 5.09 Å². The summed E-state index contributed by atoms with van der Waals surface area (Å²) < 4.78 is 0. The van der Waals surface area contributed by atoms with Gasteiger partial charge in [-0.25, -0.2) is 0 Å². The molecule has 0 amide bonds. The second-order valence-electron chi connectivity index (χ2n) is 0.238. The summed E-state index contributed by atoms with van der Waals surface area (Å²) in [6.45, 7) is 0. The second-order valence-corrected chi connectivity index (χ2v) is 0.238. The summed E-state index contributed by atoms with van der Waals surface area (Å²) in [5.41, 5.74) is 0. The minimum absolute atomic E-state index is 0. The third-order valence-electron chi connectivity index (χ3n) is 0. The van der Waals surface area contributed by atoms with Crippen LogP contribution in [0.5, 0.6) is 0 Å². The summed E-state index contributed by atoms with van der Waals surface area (Å²) in [6, 6.07) is 0. The summed E-state index contributed by atoms with van der Waals surface area (Å²) >= 11 is 0. The number of nitrogens with zero attached hydrogens (tertiary/aromatic N) is 1. The Labute approximate surface area is 69.5 Å². The Morgan fingerprint density at radius 3 is 1.57 bits per heavy atom. The van der Waals surface area contributed by atoms with Crippen molar-refractivity contribution in [3.63, 3.8) is 0 Å². The van der Waals surface area contributed by atoms with Gasteiger partial charge in [-0.05, 0) is 0 Å². The molecule has 7 heavy (non-hydrogen) atoms. The van der Waals surface area contributed by atoms with Crippen LogP contribution in [0.3, 0.4) is 0 Å². The van der Waals surface area contributed by atoms with Crippen LogP contribution in [0.15, 0.2) is 0 Å². The monoisotopic (exact) mass is 140 g/mol. The first-order valence-corrected chi connectivity index (χ1v) is 0.565. The van der Waals surface area contributed by atoms with Crippen LogP contribution in [0.1, 0.15) is 0 Å². The molecule has 0 saturated carbocycles. The Hall–Kier alpha value is 0.380. The van der Waals surface area contributed by atoms with Gasteiger partial charge in [0.15, 0.2) is 0 Å². The zero-order valence-corrected chi connectivity index (χ0v) is 2.92. The van der Waals surface area contributed by atoms with E-state index in [1.165, 1.54) is 0 Å². The van der Waals surface area contributed by atoms with Crippen LogP contribution in [0.25, 0.3) is 0 Å². The molecule has 0 aromatic carbocycles. The Morgan fingerprint density at radius 2 is 1.57 bits per heavy atom. The molecule has 0 spiro atoms. The number of hydrogen-bond donors (Lipinski definition) is 2. The number of rotatable bonds is 0. The first-order valence-electron chi connectivity index (χ1n) is 0.565. The van der Waals surface area contributed by atoms with E-state index in [-0.39, 0.29) is 49.4 Å². The van der Waals surface area contributed by atoms with Crippen LogP contribution in [0, 0.1) is 10.1 Å². The van der Waals surface area contributed by atoms with Crippen molar-refractivity contribution in [2.24, 2.45) is 0 Å².